The van der Waals surface area contributed by atoms with E-state index in [0.717, 1.165) is 9.75 Å². The molecule has 3 aromatic rings. The Balaban J connectivity index is 1.94. The standard InChI is InChI=1S/C18H19NO4S4/c1-2-26(20,21)17-7-9-18(10-8-17)27(22,23)19(13-15-5-3-11-24-15)14-16-6-4-12-25-16/h3-12H,2,13-14H2,1H3. The Bertz CT molecular complexity index is 1030. The largest absolute Gasteiger partial charge is 0.243 e. The summed E-state index contributed by atoms with van der Waals surface area (Å²) in [6.45, 7) is 2.10. The summed E-state index contributed by atoms with van der Waals surface area (Å²) in [6, 6.07) is 13.0. The van der Waals surface area contributed by atoms with E-state index in [1.807, 2.05) is 35.0 Å². The van der Waals surface area contributed by atoms with Crippen LogP contribution in [0.3, 0.4) is 0 Å². The Morgan fingerprint density at radius 3 is 1.67 bits per heavy atom. The minimum Gasteiger partial charge on any atom is -0.224 e. The van der Waals surface area contributed by atoms with Crippen LogP contribution in [0.25, 0.3) is 0 Å². The van der Waals surface area contributed by atoms with Gasteiger partial charge in [-0.2, -0.15) is 4.31 Å². The van der Waals surface area contributed by atoms with E-state index in [-0.39, 0.29) is 28.6 Å². The number of benzene rings is 1. The van der Waals surface area contributed by atoms with Crippen molar-refractivity contribution < 1.29 is 16.8 Å². The van der Waals surface area contributed by atoms with Crippen LogP contribution in [0, 0.1) is 0 Å². The minimum atomic E-state index is -3.77. The van der Waals surface area contributed by atoms with Crippen molar-refractivity contribution in [3.8, 4) is 0 Å². The van der Waals surface area contributed by atoms with E-state index in [9.17, 15) is 16.8 Å². The van der Waals surface area contributed by atoms with E-state index in [0.29, 0.717) is 0 Å². The van der Waals surface area contributed by atoms with E-state index in [2.05, 4.69) is 0 Å². The highest BCUT2D eigenvalue weighted by Crippen LogP contribution is 2.25. The molecule has 3 rings (SSSR count). The quantitative estimate of drug-likeness (QED) is 0.530. The molecule has 0 fully saturated rings. The lowest BCUT2D eigenvalue weighted by Gasteiger charge is -2.21. The van der Waals surface area contributed by atoms with Gasteiger partial charge in [0.25, 0.3) is 0 Å². The highest BCUT2D eigenvalue weighted by Gasteiger charge is 2.26. The molecule has 2 aromatic heterocycles. The summed E-state index contributed by atoms with van der Waals surface area (Å²) in [5.74, 6) is -0.0258. The first kappa shape index (κ1) is 20.2. The van der Waals surface area contributed by atoms with Crippen LogP contribution in [0.1, 0.15) is 16.7 Å². The summed E-state index contributed by atoms with van der Waals surface area (Å²) < 4.78 is 51.8. The van der Waals surface area contributed by atoms with Crippen molar-refractivity contribution in [2.45, 2.75) is 29.8 Å². The van der Waals surface area contributed by atoms with Crippen molar-refractivity contribution in [2.75, 3.05) is 5.75 Å². The number of sulfonamides is 1. The van der Waals surface area contributed by atoms with Gasteiger partial charge in [0.15, 0.2) is 9.84 Å². The zero-order chi connectivity index (χ0) is 19.5. The van der Waals surface area contributed by atoms with Crippen LogP contribution in [0.2, 0.25) is 0 Å². The average Bonchev–Trinajstić information content (AvgIpc) is 3.35. The molecule has 0 unspecified atom stereocenters. The maximum Gasteiger partial charge on any atom is 0.243 e. The lowest BCUT2D eigenvalue weighted by molar-refractivity contribution is 0.407. The van der Waals surface area contributed by atoms with Crippen molar-refractivity contribution in [1.82, 2.24) is 4.31 Å². The number of thiophene rings is 2. The Labute approximate surface area is 167 Å². The van der Waals surface area contributed by atoms with Gasteiger partial charge in [-0.1, -0.05) is 19.1 Å². The Kier molecular flexibility index (Phi) is 6.17. The molecule has 0 saturated carbocycles. The summed E-state index contributed by atoms with van der Waals surface area (Å²) in [5.41, 5.74) is 0. The van der Waals surface area contributed by atoms with Crippen molar-refractivity contribution in [1.29, 1.82) is 0 Å². The molecule has 0 bridgehead atoms. The topological polar surface area (TPSA) is 71.5 Å². The maximum absolute atomic E-state index is 13.2. The summed E-state index contributed by atoms with van der Waals surface area (Å²) in [7, 11) is -7.14. The molecule has 0 saturated heterocycles. The molecule has 0 aliphatic carbocycles. The van der Waals surface area contributed by atoms with E-state index < -0.39 is 19.9 Å². The monoisotopic (exact) mass is 441 g/mol. The van der Waals surface area contributed by atoms with Crippen LogP contribution in [0.5, 0.6) is 0 Å². The zero-order valence-electron chi connectivity index (χ0n) is 14.6. The highest BCUT2D eigenvalue weighted by molar-refractivity contribution is 7.91. The first-order valence-electron chi connectivity index (χ1n) is 8.20. The van der Waals surface area contributed by atoms with E-state index in [1.165, 1.54) is 51.2 Å². The Morgan fingerprint density at radius 1 is 0.778 bits per heavy atom. The number of hydrogen-bond donors (Lipinski definition) is 0. The van der Waals surface area contributed by atoms with Crippen molar-refractivity contribution in [3.63, 3.8) is 0 Å². The second kappa shape index (κ2) is 8.24. The molecule has 1 aromatic carbocycles. The van der Waals surface area contributed by atoms with Gasteiger partial charge in [-0.3, -0.25) is 0 Å². The predicted octanol–water partition coefficient (Wildman–Crippen LogP) is 3.99. The fraction of sp³-hybridized carbons (Fsp3) is 0.222. The molecule has 0 N–H and O–H groups in total. The third kappa shape index (κ3) is 4.67. The Morgan fingerprint density at radius 2 is 1.26 bits per heavy atom. The van der Waals surface area contributed by atoms with Crippen molar-refractivity contribution in [2.24, 2.45) is 0 Å². The van der Waals surface area contributed by atoms with Gasteiger partial charge in [-0.15, -0.1) is 22.7 Å². The second-order valence-corrected chi connectivity index (χ2v) is 12.1. The lowest BCUT2D eigenvalue weighted by Crippen LogP contribution is -2.29. The fourth-order valence-electron chi connectivity index (χ4n) is 2.51. The third-order valence-electron chi connectivity index (χ3n) is 4.03. The van der Waals surface area contributed by atoms with Crippen LogP contribution in [0.4, 0.5) is 0 Å². The number of rotatable bonds is 8. The molecule has 0 radical (unpaired) electrons. The minimum absolute atomic E-state index is 0.0258. The van der Waals surface area contributed by atoms with Gasteiger partial charge in [-0.25, -0.2) is 16.8 Å². The number of hydrogen-bond acceptors (Lipinski definition) is 6. The maximum atomic E-state index is 13.2. The molecule has 27 heavy (non-hydrogen) atoms. The number of nitrogens with zero attached hydrogens (tertiary/aromatic N) is 1. The van der Waals surface area contributed by atoms with Gasteiger partial charge >= 0.3 is 0 Å². The van der Waals surface area contributed by atoms with Crippen molar-refractivity contribution in [3.05, 3.63) is 69.0 Å². The molecule has 144 valence electrons. The highest BCUT2D eigenvalue weighted by atomic mass is 32.2. The normalized spacial score (nSPS) is 12.5. The molecule has 0 spiro atoms. The molecule has 0 aliphatic heterocycles. The van der Waals surface area contributed by atoms with Gasteiger partial charge in [0.05, 0.1) is 15.5 Å². The molecule has 9 heteroatoms. The molecule has 5 nitrogen and oxygen atoms in total. The second-order valence-electron chi connectivity index (χ2n) is 5.81. The van der Waals surface area contributed by atoms with Gasteiger partial charge in [0, 0.05) is 22.8 Å². The van der Waals surface area contributed by atoms with Crippen LogP contribution in [-0.4, -0.2) is 26.9 Å². The van der Waals surface area contributed by atoms with Crippen molar-refractivity contribution >= 4 is 42.5 Å². The molecular formula is C18H19NO4S4. The van der Waals surface area contributed by atoms with Crippen LogP contribution >= 0.6 is 22.7 Å². The molecule has 0 amide bonds. The van der Waals surface area contributed by atoms with Gasteiger partial charge in [0.1, 0.15) is 0 Å². The molecule has 0 aliphatic rings. The van der Waals surface area contributed by atoms with Crippen LogP contribution < -0.4 is 0 Å². The fourth-order valence-corrected chi connectivity index (χ4v) is 6.40. The van der Waals surface area contributed by atoms with E-state index >= 15 is 0 Å². The van der Waals surface area contributed by atoms with Gasteiger partial charge < -0.3 is 0 Å². The summed E-state index contributed by atoms with van der Waals surface area (Å²) in [6.07, 6.45) is 0. The smallest absolute Gasteiger partial charge is 0.224 e. The molecule has 2 heterocycles. The third-order valence-corrected chi connectivity index (χ3v) is 9.30. The molecule has 0 atom stereocenters. The summed E-state index contributed by atoms with van der Waals surface area (Å²) in [5, 5.41) is 3.82. The van der Waals surface area contributed by atoms with E-state index in [1.54, 1.807) is 6.92 Å². The Hall–Kier alpha value is -1.52. The first-order chi connectivity index (χ1) is 12.8. The zero-order valence-corrected chi connectivity index (χ0v) is 17.9. The van der Waals surface area contributed by atoms with Gasteiger partial charge in [0.2, 0.25) is 10.0 Å². The molecular weight excluding hydrogens is 422 g/mol. The SMILES string of the molecule is CCS(=O)(=O)c1ccc(S(=O)(=O)N(Cc2cccs2)Cc2cccs2)cc1. The first-order valence-corrected chi connectivity index (χ1v) is 13.1. The van der Waals surface area contributed by atoms with Gasteiger partial charge in [-0.05, 0) is 47.2 Å². The van der Waals surface area contributed by atoms with Crippen LogP contribution in [-0.2, 0) is 33.0 Å². The predicted molar refractivity (Wildman–Crippen MR) is 109 cm³/mol. The summed E-state index contributed by atoms with van der Waals surface area (Å²) in [4.78, 5) is 2.11. The average molecular weight is 442 g/mol. The number of sulfone groups is 1. The van der Waals surface area contributed by atoms with Crippen LogP contribution in [0.15, 0.2) is 69.1 Å². The summed E-state index contributed by atoms with van der Waals surface area (Å²) >= 11 is 3.00. The lowest BCUT2D eigenvalue weighted by atomic mass is 10.4. The van der Waals surface area contributed by atoms with E-state index in [4.69, 9.17) is 0 Å².